The molecule has 0 aromatic carbocycles. The number of ether oxygens (including phenoxy) is 3. The van der Waals surface area contributed by atoms with Crippen molar-refractivity contribution in [2.75, 3.05) is 39.1 Å². The highest BCUT2D eigenvalue weighted by Crippen LogP contribution is 2.37. The van der Waals surface area contributed by atoms with Crippen LogP contribution in [0.25, 0.3) is 0 Å². The molecule has 0 bridgehead atoms. The van der Waals surface area contributed by atoms with Crippen molar-refractivity contribution >= 4 is 17.5 Å². The summed E-state index contributed by atoms with van der Waals surface area (Å²) in [5, 5.41) is 0. The second-order valence-electron chi connectivity index (χ2n) is 6.36. The van der Waals surface area contributed by atoms with E-state index in [1.807, 2.05) is 11.8 Å². The van der Waals surface area contributed by atoms with Gasteiger partial charge in [-0.1, -0.05) is 20.8 Å². The van der Waals surface area contributed by atoms with Gasteiger partial charge in [0.15, 0.2) is 5.78 Å². The zero-order chi connectivity index (χ0) is 15.8. The maximum atomic E-state index is 12.6. The molecule has 21 heavy (non-hydrogen) atoms. The Morgan fingerprint density at radius 3 is 2.52 bits per heavy atom. The summed E-state index contributed by atoms with van der Waals surface area (Å²) in [5.41, 5.74) is 0. The number of methoxy groups -OCH3 is 2. The highest BCUT2D eigenvalue weighted by molar-refractivity contribution is 7.99. The Labute approximate surface area is 133 Å². The van der Waals surface area contributed by atoms with Gasteiger partial charge in [-0.25, -0.2) is 0 Å². The molecule has 124 valence electrons. The smallest absolute Gasteiger partial charge is 0.165 e. The number of hydrogen-bond acceptors (Lipinski definition) is 5. The number of rotatable bonds is 10. The van der Waals surface area contributed by atoms with Crippen LogP contribution in [0.1, 0.15) is 27.2 Å². The Balaban J connectivity index is 2.62. The minimum atomic E-state index is -0.311. The first-order chi connectivity index (χ1) is 10.0. The minimum Gasteiger partial charge on any atom is -0.384 e. The van der Waals surface area contributed by atoms with Crippen LogP contribution in [-0.2, 0) is 19.0 Å². The Hall–Kier alpha value is -0.100. The standard InChI is InChI=1S/C16H30O4S/c1-11(2)8-21-9-13-6-14(12(3)7-18-4)15(17)16(13)20-10-19-5/h11-14,16H,6-10H2,1-5H3/t12?,13-,14?,16+/m0/s1. The molecular weight excluding hydrogens is 288 g/mol. The minimum absolute atomic E-state index is 0.0523. The Morgan fingerprint density at radius 2 is 1.95 bits per heavy atom. The van der Waals surface area contributed by atoms with Crippen molar-refractivity contribution in [1.29, 1.82) is 0 Å². The Kier molecular flexibility index (Phi) is 8.86. The van der Waals surface area contributed by atoms with Crippen molar-refractivity contribution in [2.45, 2.75) is 33.3 Å². The molecule has 0 heterocycles. The first-order valence-corrected chi connectivity index (χ1v) is 8.87. The molecule has 1 fully saturated rings. The highest BCUT2D eigenvalue weighted by atomic mass is 32.2. The van der Waals surface area contributed by atoms with Crippen LogP contribution in [0, 0.1) is 23.7 Å². The fourth-order valence-corrected chi connectivity index (χ4v) is 4.09. The zero-order valence-electron chi connectivity index (χ0n) is 14.0. The van der Waals surface area contributed by atoms with Crippen molar-refractivity contribution in [3.05, 3.63) is 0 Å². The lowest BCUT2D eigenvalue weighted by Crippen LogP contribution is -2.31. The maximum absolute atomic E-state index is 12.6. The average Bonchev–Trinajstić information content (AvgIpc) is 2.73. The zero-order valence-corrected chi connectivity index (χ0v) is 14.8. The molecule has 5 heteroatoms. The van der Waals surface area contributed by atoms with Crippen molar-refractivity contribution < 1.29 is 19.0 Å². The maximum Gasteiger partial charge on any atom is 0.165 e. The van der Waals surface area contributed by atoms with E-state index in [2.05, 4.69) is 20.8 Å². The van der Waals surface area contributed by atoms with Crippen LogP contribution in [-0.4, -0.2) is 51.0 Å². The van der Waals surface area contributed by atoms with Crippen molar-refractivity contribution in [2.24, 2.45) is 23.7 Å². The number of ketones is 1. The van der Waals surface area contributed by atoms with Gasteiger partial charge in [0.05, 0.1) is 0 Å². The van der Waals surface area contributed by atoms with Gasteiger partial charge in [-0.05, 0) is 29.8 Å². The molecule has 1 saturated carbocycles. The molecule has 0 radical (unpaired) electrons. The van der Waals surface area contributed by atoms with Crippen LogP contribution in [0.4, 0.5) is 0 Å². The highest BCUT2D eigenvalue weighted by Gasteiger charge is 2.44. The van der Waals surface area contributed by atoms with Gasteiger partial charge < -0.3 is 14.2 Å². The molecule has 4 nitrogen and oxygen atoms in total. The quantitative estimate of drug-likeness (QED) is 0.580. The van der Waals surface area contributed by atoms with Crippen molar-refractivity contribution in [3.8, 4) is 0 Å². The van der Waals surface area contributed by atoms with Gasteiger partial charge in [0.1, 0.15) is 12.9 Å². The lowest BCUT2D eigenvalue weighted by molar-refractivity contribution is -0.141. The van der Waals surface area contributed by atoms with Crippen LogP contribution in [0.5, 0.6) is 0 Å². The molecule has 0 spiro atoms. The Bertz CT molecular complexity index is 309. The van der Waals surface area contributed by atoms with Gasteiger partial charge in [-0.3, -0.25) is 4.79 Å². The van der Waals surface area contributed by atoms with E-state index < -0.39 is 0 Å². The van der Waals surface area contributed by atoms with E-state index in [0.29, 0.717) is 18.4 Å². The molecular formula is C16H30O4S. The van der Waals surface area contributed by atoms with E-state index >= 15 is 0 Å². The number of carbonyl (C=O) groups is 1. The molecule has 0 N–H and O–H groups in total. The van der Waals surface area contributed by atoms with Crippen LogP contribution in [0.2, 0.25) is 0 Å². The SMILES string of the molecule is COCO[C@H]1C(=O)C(C(C)COC)C[C@H]1CSCC(C)C. The molecule has 1 rings (SSSR count). The summed E-state index contributed by atoms with van der Waals surface area (Å²) >= 11 is 1.92. The first-order valence-electron chi connectivity index (χ1n) is 7.72. The molecule has 2 unspecified atom stereocenters. The monoisotopic (exact) mass is 318 g/mol. The third-order valence-electron chi connectivity index (χ3n) is 3.90. The average molecular weight is 318 g/mol. The molecule has 1 aliphatic rings. The molecule has 0 amide bonds. The summed E-state index contributed by atoms with van der Waals surface area (Å²) in [7, 11) is 3.28. The van der Waals surface area contributed by atoms with Crippen LogP contribution < -0.4 is 0 Å². The predicted molar refractivity (Wildman–Crippen MR) is 86.6 cm³/mol. The van der Waals surface area contributed by atoms with E-state index in [0.717, 1.165) is 17.9 Å². The lowest BCUT2D eigenvalue weighted by Gasteiger charge is -2.18. The van der Waals surface area contributed by atoms with E-state index in [4.69, 9.17) is 14.2 Å². The fraction of sp³-hybridized carbons (Fsp3) is 0.938. The van der Waals surface area contributed by atoms with E-state index in [-0.39, 0.29) is 30.5 Å². The summed E-state index contributed by atoms with van der Waals surface area (Å²) < 4.78 is 15.9. The molecule has 0 aliphatic heterocycles. The second kappa shape index (κ2) is 9.82. The van der Waals surface area contributed by atoms with E-state index in [1.165, 1.54) is 0 Å². The largest absolute Gasteiger partial charge is 0.384 e. The van der Waals surface area contributed by atoms with Gasteiger partial charge >= 0.3 is 0 Å². The summed E-state index contributed by atoms with van der Waals surface area (Å²) in [4.78, 5) is 12.6. The van der Waals surface area contributed by atoms with E-state index in [1.54, 1.807) is 14.2 Å². The van der Waals surface area contributed by atoms with Gasteiger partial charge in [-0.15, -0.1) is 0 Å². The molecule has 0 aromatic heterocycles. The Morgan fingerprint density at radius 1 is 1.24 bits per heavy atom. The van der Waals surface area contributed by atoms with Gasteiger partial charge in [0.2, 0.25) is 0 Å². The van der Waals surface area contributed by atoms with Gasteiger partial charge in [0, 0.05) is 32.7 Å². The number of thioether (sulfide) groups is 1. The first kappa shape index (κ1) is 18.9. The second-order valence-corrected chi connectivity index (χ2v) is 7.44. The molecule has 4 atom stereocenters. The van der Waals surface area contributed by atoms with Crippen LogP contribution in [0.15, 0.2) is 0 Å². The normalized spacial score (nSPS) is 27.5. The van der Waals surface area contributed by atoms with Crippen LogP contribution in [0.3, 0.4) is 0 Å². The number of Topliss-reactive ketones (excluding diaryl/α,β-unsaturated/α-hetero) is 1. The van der Waals surface area contributed by atoms with Crippen LogP contribution >= 0.6 is 11.8 Å². The summed E-state index contributed by atoms with van der Waals surface area (Å²) in [6.07, 6.45) is 0.594. The summed E-state index contributed by atoms with van der Waals surface area (Å²) in [6, 6.07) is 0. The van der Waals surface area contributed by atoms with Crippen molar-refractivity contribution in [1.82, 2.24) is 0 Å². The van der Waals surface area contributed by atoms with Gasteiger partial charge in [-0.2, -0.15) is 11.8 Å². The van der Waals surface area contributed by atoms with E-state index in [9.17, 15) is 4.79 Å². The predicted octanol–water partition coefficient (Wildman–Crippen LogP) is 2.85. The van der Waals surface area contributed by atoms with Crippen molar-refractivity contribution in [3.63, 3.8) is 0 Å². The fourth-order valence-electron chi connectivity index (χ4n) is 2.87. The molecule has 1 aliphatic carbocycles. The summed E-state index contributed by atoms with van der Waals surface area (Å²) in [6.45, 7) is 7.33. The van der Waals surface area contributed by atoms with Gasteiger partial charge in [0.25, 0.3) is 0 Å². The third-order valence-corrected chi connectivity index (χ3v) is 5.46. The molecule has 0 aromatic rings. The number of hydrogen-bond donors (Lipinski definition) is 0. The topological polar surface area (TPSA) is 44.8 Å². The lowest BCUT2D eigenvalue weighted by atomic mass is 9.92. The summed E-state index contributed by atoms with van der Waals surface area (Å²) in [5.74, 6) is 3.60. The number of carbonyl (C=O) groups excluding carboxylic acids is 1. The molecule has 0 saturated heterocycles. The third kappa shape index (κ3) is 5.89.